The van der Waals surface area contributed by atoms with Gasteiger partial charge in [-0.2, -0.15) is 0 Å². The van der Waals surface area contributed by atoms with Gasteiger partial charge in [0.1, 0.15) is 5.82 Å². The molecule has 0 aliphatic heterocycles. The summed E-state index contributed by atoms with van der Waals surface area (Å²) in [5.41, 5.74) is 2.02. The molecule has 6 rings (SSSR count). The number of carbonyl (C=O) groups is 1. The number of nitrogens with zero attached hydrogens (tertiary/aromatic N) is 1. The van der Waals surface area contributed by atoms with Crippen LogP contribution < -0.4 is 10.6 Å². The second-order valence-electron chi connectivity index (χ2n) is 7.46. The molecule has 4 aliphatic carbocycles. The molecule has 6 heteroatoms. The largest absolute Gasteiger partial charge is 0.378 e. The molecule has 4 nitrogen and oxygen atoms in total. The molecule has 0 spiro atoms. The molecular formula is C18H17BrFN3O. The van der Waals surface area contributed by atoms with Crippen LogP contribution in [-0.2, 0) is 0 Å². The van der Waals surface area contributed by atoms with Crippen LogP contribution in [0.3, 0.4) is 0 Å². The van der Waals surface area contributed by atoms with Crippen LogP contribution >= 0.6 is 15.9 Å². The fourth-order valence-corrected chi connectivity index (χ4v) is 4.22. The van der Waals surface area contributed by atoms with Gasteiger partial charge in [-0.25, -0.2) is 4.39 Å². The average molecular weight is 390 g/mol. The van der Waals surface area contributed by atoms with Crippen molar-refractivity contribution < 1.29 is 9.18 Å². The molecule has 1 amide bonds. The van der Waals surface area contributed by atoms with E-state index in [1.807, 2.05) is 0 Å². The molecule has 4 saturated carbocycles. The Labute approximate surface area is 147 Å². The second kappa shape index (κ2) is 4.91. The van der Waals surface area contributed by atoms with E-state index in [0.29, 0.717) is 15.6 Å². The monoisotopic (exact) mass is 389 g/mol. The minimum atomic E-state index is -0.346. The van der Waals surface area contributed by atoms with E-state index in [1.54, 1.807) is 12.3 Å². The molecular weight excluding hydrogens is 373 g/mol. The molecule has 124 valence electrons. The van der Waals surface area contributed by atoms with Gasteiger partial charge in [-0.05, 0) is 60.0 Å². The highest BCUT2D eigenvalue weighted by Gasteiger charge is 2.56. The summed E-state index contributed by atoms with van der Waals surface area (Å²) in [4.78, 5) is 17.0. The highest BCUT2D eigenvalue weighted by Crippen LogP contribution is 2.59. The maximum Gasteiger partial charge on any atom is 0.255 e. The number of hydrogen-bond donors (Lipinski definition) is 2. The molecule has 1 aromatic carbocycles. The average Bonchev–Trinajstić information content (AvgIpc) is 3.26. The van der Waals surface area contributed by atoms with Gasteiger partial charge in [-0.15, -0.1) is 0 Å². The molecule has 2 bridgehead atoms. The SMILES string of the molecule is O=C(NC1CC1)c1cnc2cc(F)c(Br)cc2c1NC12CC(C1)C2. The summed E-state index contributed by atoms with van der Waals surface area (Å²) < 4.78 is 14.2. The summed E-state index contributed by atoms with van der Waals surface area (Å²) >= 11 is 3.25. The van der Waals surface area contributed by atoms with Crippen molar-refractivity contribution in [3.8, 4) is 0 Å². The maximum atomic E-state index is 13.9. The number of rotatable bonds is 4. The summed E-state index contributed by atoms with van der Waals surface area (Å²) in [5, 5.41) is 7.43. The standard InChI is InChI=1S/C18H17BrFN3O/c19-13-3-11-15(4-14(13)20)21-8-12(17(24)22-10-1-2-10)16(11)23-18-5-9(6-18)7-18/h3-4,8-10H,1-2,5-7H2,(H,21,23)(H,22,24). The summed E-state index contributed by atoms with van der Waals surface area (Å²) in [5.74, 6) is 0.390. The Balaban J connectivity index is 1.62. The third-order valence-electron chi connectivity index (χ3n) is 5.50. The molecule has 1 aromatic heterocycles. The first-order valence-electron chi connectivity index (χ1n) is 8.40. The first-order valence-corrected chi connectivity index (χ1v) is 9.19. The molecule has 2 N–H and O–H groups in total. The number of carbonyl (C=O) groups excluding carboxylic acids is 1. The Morgan fingerprint density at radius 1 is 1.29 bits per heavy atom. The Hall–Kier alpha value is -1.69. The zero-order chi connectivity index (χ0) is 16.5. The lowest BCUT2D eigenvalue weighted by Gasteiger charge is -2.62. The molecule has 1 heterocycles. The second-order valence-corrected chi connectivity index (χ2v) is 8.32. The van der Waals surface area contributed by atoms with Crippen LogP contribution in [-0.4, -0.2) is 22.5 Å². The number of nitrogens with one attached hydrogen (secondary N) is 2. The van der Waals surface area contributed by atoms with Crippen LogP contribution in [0.1, 0.15) is 42.5 Å². The minimum absolute atomic E-state index is 0.0959. The van der Waals surface area contributed by atoms with Crippen molar-refractivity contribution in [2.75, 3.05) is 5.32 Å². The van der Waals surface area contributed by atoms with Gasteiger partial charge in [-0.3, -0.25) is 9.78 Å². The third kappa shape index (κ3) is 2.23. The van der Waals surface area contributed by atoms with Crippen LogP contribution in [0.5, 0.6) is 0 Å². The number of hydrogen-bond acceptors (Lipinski definition) is 3. The van der Waals surface area contributed by atoms with E-state index < -0.39 is 0 Å². The zero-order valence-corrected chi connectivity index (χ0v) is 14.6. The lowest BCUT2D eigenvalue weighted by molar-refractivity contribution is 0.00220. The van der Waals surface area contributed by atoms with Gasteiger partial charge in [0, 0.05) is 29.2 Å². The van der Waals surface area contributed by atoms with Gasteiger partial charge in [0.25, 0.3) is 5.91 Å². The summed E-state index contributed by atoms with van der Waals surface area (Å²) in [6, 6.07) is 3.42. The highest BCUT2D eigenvalue weighted by atomic mass is 79.9. The van der Waals surface area contributed by atoms with E-state index in [1.165, 1.54) is 6.07 Å². The smallest absolute Gasteiger partial charge is 0.255 e. The van der Waals surface area contributed by atoms with Gasteiger partial charge in [0.15, 0.2) is 0 Å². The normalized spacial score (nSPS) is 27.3. The quantitative estimate of drug-likeness (QED) is 0.830. The lowest BCUT2D eigenvalue weighted by atomic mass is 9.50. The number of aromatic nitrogens is 1. The van der Waals surface area contributed by atoms with Crippen LogP contribution in [0.2, 0.25) is 0 Å². The van der Waals surface area contributed by atoms with Gasteiger partial charge in [0.2, 0.25) is 0 Å². The fraction of sp³-hybridized carbons (Fsp3) is 0.444. The Kier molecular flexibility index (Phi) is 2.99. The molecule has 0 unspecified atom stereocenters. The van der Waals surface area contributed by atoms with Crippen molar-refractivity contribution in [1.29, 1.82) is 0 Å². The fourth-order valence-electron chi connectivity index (χ4n) is 3.88. The Morgan fingerprint density at radius 2 is 2.04 bits per heavy atom. The highest BCUT2D eigenvalue weighted by molar-refractivity contribution is 9.10. The van der Waals surface area contributed by atoms with E-state index in [2.05, 4.69) is 31.5 Å². The van der Waals surface area contributed by atoms with Gasteiger partial charge < -0.3 is 10.6 Å². The first-order chi connectivity index (χ1) is 11.5. The first kappa shape index (κ1) is 14.6. The van der Waals surface area contributed by atoms with Crippen molar-refractivity contribution in [2.24, 2.45) is 5.92 Å². The van der Waals surface area contributed by atoms with Crippen molar-refractivity contribution in [1.82, 2.24) is 10.3 Å². The maximum absolute atomic E-state index is 13.9. The molecule has 4 fully saturated rings. The third-order valence-corrected chi connectivity index (χ3v) is 6.10. The van der Waals surface area contributed by atoms with Crippen molar-refractivity contribution in [3.63, 3.8) is 0 Å². The van der Waals surface area contributed by atoms with E-state index in [9.17, 15) is 9.18 Å². The van der Waals surface area contributed by atoms with Crippen LogP contribution in [0.4, 0.5) is 10.1 Å². The lowest BCUT2D eigenvalue weighted by Crippen LogP contribution is -2.63. The molecule has 24 heavy (non-hydrogen) atoms. The number of anilines is 1. The summed E-state index contributed by atoms with van der Waals surface area (Å²) in [7, 11) is 0. The number of benzene rings is 1. The summed E-state index contributed by atoms with van der Waals surface area (Å²) in [6.45, 7) is 0. The van der Waals surface area contributed by atoms with Crippen LogP contribution in [0.15, 0.2) is 22.8 Å². The van der Waals surface area contributed by atoms with Gasteiger partial charge in [-0.1, -0.05) is 0 Å². The molecule has 0 saturated heterocycles. The Bertz CT molecular complexity index is 863. The van der Waals surface area contributed by atoms with Crippen molar-refractivity contribution in [2.45, 2.75) is 43.7 Å². The molecule has 4 aliphatic rings. The predicted molar refractivity (Wildman–Crippen MR) is 93.6 cm³/mol. The van der Waals surface area contributed by atoms with Crippen LogP contribution in [0.25, 0.3) is 10.9 Å². The van der Waals surface area contributed by atoms with Gasteiger partial charge >= 0.3 is 0 Å². The van der Waals surface area contributed by atoms with Crippen molar-refractivity contribution in [3.05, 3.63) is 34.2 Å². The number of pyridine rings is 1. The zero-order valence-electron chi connectivity index (χ0n) is 13.0. The number of halogens is 2. The van der Waals surface area contributed by atoms with E-state index in [4.69, 9.17) is 0 Å². The Morgan fingerprint density at radius 3 is 2.67 bits per heavy atom. The number of fused-ring (bicyclic) bond motifs is 1. The van der Waals surface area contributed by atoms with E-state index in [0.717, 1.165) is 49.1 Å². The van der Waals surface area contributed by atoms with Gasteiger partial charge in [0.05, 0.1) is 21.2 Å². The minimum Gasteiger partial charge on any atom is -0.378 e. The van der Waals surface area contributed by atoms with E-state index >= 15 is 0 Å². The number of amides is 1. The molecule has 0 radical (unpaired) electrons. The molecule has 2 aromatic rings. The molecule has 0 atom stereocenters. The topological polar surface area (TPSA) is 54.0 Å². The predicted octanol–water partition coefficient (Wildman–Crippen LogP) is 3.99. The van der Waals surface area contributed by atoms with E-state index in [-0.39, 0.29) is 23.3 Å². The van der Waals surface area contributed by atoms with Crippen LogP contribution in [0, 0.1) is 11.7 Å². The summed E-state index contributed by atoms with van der Waals surface area (Å²) in [6.07, 6.45) is 7.12. The van der Waals surface area contributed by atoms with Crippen molar-refractivity contribution >= 4 is 38.4 Å².